The summed E-state index contributed by atoms with van der Waals surface area (Å²) in [5.41, 5.74) is 0.905. The molecule has 5 nitrogen and oxygen atoms in total. The Hall–Kier alpha value is -2.17. The van der Waals surface area contributed by atoms with Crippen molar-refractivity contribution < 1.29 is 24.2 Å². The van der Waals surface area contributed by atoms with Crippen molar-refractivity contribution in [3.8, 4) is 5.75 Å². The number of rotatable bonds is 8. The van der Waals surface area contributed by atoms with Crippen molar-refractivity contribution in [1.29, 1.82) is 0 Å². The SMILES string of the molecule is CC(=O)CCC(=O)COC(=O)CCc1ccc(O)cc1. The van der Waals surface area contributed by atoms with Gasteiger partial charge in [0.15, 0.2) is 5.78 Å². The molecule has 5 heteroatoms. The summed E-state index contributed by atoms with van der Waals surface area (Å²) < 4.78 is 4.83. The highest BCUT2D eigenvalue weighted by atomic mass is 16.5. The van der Waals surface area contributed by atoms with Crippen molar-refractivity contribution in [3.63, 3.8) is 0 Å². The molecule has 0 aliphatic carbocycles. The first-order valence-corrected chi connectivity index (χ1v) is 6.42. The van der Waals surface area contributed by atoms with Gasteiger partial charge < -0.3 is 14.6 Å². The lowest BCUT2D eigenvalue weighted by Gasteiger charge is -2.04. The van der Waals surface area contributed by atoms with E-state index in [0.717, 1.165) is 5.56 Å². The molecule has 1 aromatic rings. The molecule has 0 aromatic heterocycles. The largest absolute Gasteiger partial charge is 0.508 e. The first-order valence-electron chi connectivity index (χ1n) is 6.42. The molecule has 1 rings (SSSR count). The Kier molecular flexibility index (Phi) is 6.43. The van der Waals surface area contributed by atoms with Gasteiger partial charge in [-0.3, -0.25) is 9.59 Å². The van der Waals surface area contributed by atoms with Crippen LogP contribution in [0.2, 0.25) is 0 Å². The number of ketones is 2. The van der Waals surface area contributed by atoms with E-state index in [4.69, 9.17) is 9.84 Å². The summed E-state index contributed by atoms with van der Waals surface area (Å²) in [5, 5.41) is 9.12. The Morgan fingerprint density at radius 1 is 1.05 bits per heavy atom. The highest BCUT2D eigenvalue weighted by Crippen LogP contribution is 2.11. The second-order valence-electron chi connectivity index (χ2n) is 4.57. The van der Waals surface area contributed by atoms with E-state index >= 15 is 0 Å². The number of phenolic OH excluding ortho intramolecular Hbond substituents is 1. The highest BCUT2D eigenvalue weighted by Gasteiger charge is 2.09. The van der Waals surface area contributed by atoms with Gasteiger partial charge in [0.05, 0.1) is 0 Å². The molecule has 1 aromatic carbocycles. The van der Waals surface area contributed by atoms with Gasteiger partial charge in [-0.25, -0.2) is 0 Å². The molecule has 20 heavy (non-hydrogen) atoms. The fourth-order valence-electron chi connectivity index (χ4n) is 1.53. The number of hydrogen-bond acceptors (Lipinski definition) is 5. The van der Waals surface area contributed by atoms with Gasteiger partial charge in [0.2, 0.25) is 0 Å². The number of benzene rings is 1. The van der Waals surface area contributed by atoms with E-state index in [-0.39, 0.29) is 43.2 Å². The lowest BCUT2D eigenvalue weighted by molar-refractivity contribution is -0.148. The van der Waals surface area contributed by atoms with Crippen molar-refractivity contribution in [2.75, 3.05) is 6.61 Å². The summed E-state index contributed by atoms with van der Waals surface area (Å²) in [6.07, 6.45) is 0.954. The third kappa shape index (κ3) is 6.68. The van der Waals surface area contributed by atoms with Crippen molar-refractivity contribution in [3.05, 3.63) is 29.8 Å². The van der Waals surface area contributed by atoms with E-state index in [1.54, 1.807) is 24.3 Å². The van der Waals surface area contributed by atoms with Gasteiger partial charge in [-0.15, -0.1) is 0 Å². The van der Waals surface area contributed by atoms with Gasteiger partial charge in [-0.1, -0.05) is 12.1 Å². The quantitative estimate of drug-likeness (QED) is 0.733. The minimum atomic E-state index is -0.450. The number of esters is 1. The Bertz CT molecular complexity index is 476. The maximum absolute atomic E-state index is 11.4. The Labute approximate surface area is 117 Å². The normalized spacial score (nSPS) is 10.1. The fraction of sp³-hybridized carbons (Fsp3) is 0.400. The molecule has 0 unspecified atom stereocenters. The summed E-state index contributed by atoms with van der Waals surface area (Å²) in [7, 11) is 0. The number of carbonyl (C=O) groups is 3. The number of ether oxygens (including phenoxy) is 1. The zero-order valence-electron chi connectivity index (χ0n) is 11.4. The maximum atomic E-state index is 11.4. The lowest BCUT2D eigenvalue weighted by Crippen LogP contribution is -2.14. The summed E-state index contributed by atoms with van der Waals surface area (Å²) in [4.78, 5) is 33.4. The molecule has 0 amide bonds. The molecular formula is C15H18O5. The topological polar surface area (TPSA) is 80.7 Å². The van der Waals surface area contributed by atoms with E-state index in [0.29, 0.717) is 6.42 Å². The Balaban J connectivity index is 2.21. The summed E-state index contributed by atoms with van der Waals surface area (Å²) in [6, 6.07) is 6.54. The van der Waals surface area contributed by atoms with E-state index in [1.165, 1.54) is 6.92 Å². The van der Waals surface area contributed by atoms with Crippen LogP contribution in [-0.2, 0) is 25.5 Å². The van der Waals surface area contributed by atoms with Crippen molar-refractivity contribution in [2.45, 2.75) is 32.6 Å². The summed E-state index contributed by atoms with van der Waals surface area (Å²) >= 11 is 0. The fourth-order valence-corrected chi connectivity index (χ4v) is 1.53. The molecule has 108 valence electrons. The van der Waals surface area contributed by atoms with Crippen LogP contribution in [0.5, 0.6) is 5.75 Å². The molecular weight excluding hydrogens is 260 g/mol. The molecule has 0 aliphatic heterocycles. The van der Waals surface area contributed by atoms with E-state index in [9.17, 15) is 14.4 Å². The van der Waals surface area contributed by atoms with Crippen LogP contribution in [0.1, 0.15) is 31.7 Å². The van der Waals surface area contributed by atoms with Gasteiger partial charge in [-0.2, -0.15) is 0 Å². The van der Waals surface area contributed by atoms with Crippen LogP contribution in [0.3, 0.4) is 0 Å². The average Bonchev–Trinajstić information content (AvgIpc) is 2.42. The van der Waals surface area contributed by atoms with Crippen LogP contribution in [-0.4, -0.2) is 29.2 Å². The summed E-state index contributed by atoms with van der Waals surface area (Å²) in [5.74, 6) is -0.586. The third-order valence-electron chi connectivity index (χ3n) is 2.70. The molecule has 0 spiro atoms. The van der Waals surface area contributed by atoms with Crippen molar-refractivity contribution in [1.82, 2.24) is 0 Å². The number of aromatic hydroxyl groups is 1. The zero-order chi connectivity index (χ0) is 15.0. The average molecular weight is 278 g/mol. The molecule has 0 saturated carbocycles. The number of aryl methyl sites for hydroxylation is 1. The molecule has 0 radical (unpaired) electrons. The van der Waals surface area contributed by atoms with Crippen LogP contribution in [0, 0.1) is 0 Å². The van der Waals surface area contributed by atoms with Gasteiger partial charge in [0.25, 0.3) is 0 Å². The lowest BCUT2D eigenvalue weighted by atomic mass is 10.1. The number of carbonyl (C=O) groups excluding carboxylic acids is 3. The molecule has 0 aliphatic rings. The minimum Gasteiger partial charge on any atom is -0.508 e. The van der Waals surface area contributed by atoms with Gasteiger partial charge in [0, 0.05) is 19.3 Å². The Morgan fingerprint density at radius 2 is 1.70 bits per heavy atom. The second kappa shape index (κ2) is 8.09. The van der Waals surface area contributed by atoms with Crippen LogP contribution >= 0.6 is 0 Å². The van der Waals surface area contributed by atoms with Gasteiger partial charge in [-0.05, 0) is 31.0 Å². The van der Waals surface area contributed by atoms with Crippen molar-refractivity contribution >= 4 is 17.5 Å². The first-order chi connectivity index (χ1) is 9.47. The van der Waals surface area contributed by atoms with Crippen molar-refractivity contribution in [2.24, 2.45) is 0 Å². The van der Waals surface area contributed by atoms with Crippen LogP contribution < -0.4 is 0 Å². The number of hydrogen-bond donors (Lipinski definition) is 1. The number of phenols is 1. The molecule has 0 fully saturated rings. The van der Waals surface area contributed by atoms with E-state index in [2.05, 4.69) is 0 Å². The summed E-state index contributed by atoms with van der Waals surface area (Å²) in [6.45, 7) is 1.14. The zero-order valence-corrected chi connectivity index (χ0v) is 11.4. The first kappa shape index (κ1) is 15.9. The van der Waals surface area contributed by atoms with Crippen LogP contribution in [0.15, 0.2) is 24.3 Å². The smallest absolute Gasteiger partial charge is 0.306 e. The van der Waals surface area contributed by atoms with E-state index < -0.39 is 5.97 Å². The van der Waals surface area contributed by atoms with Gasteiger partial charge >= 0.3 is 5.97 Å². The predicted octanol–water partition coefficient (Wildman–Crippen LogP) is 1.81. The monoisotopic (exact) mass is 278 g/mol. The standard InChI is InChI=1S/C15H18O5/c1-11(16)2-6-14(18)10-20-15(19)9-5-12-3-7-13(17)8-4-12/h3-4,7-8,17H,2,5-6,9-10H2,1H3. The van der Waals surface area contributed by atoms with Gasteiger partial charge in [0.1, 0.15) is 18.1 Å². The maximum Gasteiger partial charge on any atom is 0.306 e. The molecule has 0 atom stereocenters. The van der Waals surface area contributed by atoms with Crippen LogP contribution in [0.25, 0.3) is 0 Å². The van der Waals surface area contributed by atoms with E-state index in [1.807, 2.05) is 0 Å². The molecule has 1 N–H and O–H groups in total. The second-order valence-corrected chi connectivity index (χ2v) is 4.57. The molecule has 0 saturated heterocycles. The third-order valence-corrected chi connectivity index (χ3v) is 2.70. The molecule has 0 heterocycles. The Morgan fingerprint density at radius 3 is 2.30 bits per heavy atom. The van der Waals surface area contributed by atoms with Crippen LogP contribution in [0.4, 0.5) is 0 Å². The minimum absolute atomic E-state index is 0.0583. The highest BCUT2D eigenvalue weighted by molar-refractivity contribution is 5.86. The molecule has 0 bridgehead atoms. The number of Topliss-reactive ketones (excluding diaryl/α,β-unsaturated/α-hetero) is 2. The predicted molar refractivity (Wildman–Crippen MR) is 72.3 cm³/mol.